The average molecular weight is 359 g/mol. The lowest BCUT2D eigenvalue weighted by Crippen LogP contribution is -2.06. The van der Waals surface area contributed by atoms with Crippen LogP contribution in [0.5, 0.6) is 0 Å². The summed E-state index contributed by atoms with van der Waals surface area (Å²) in [4.78, 5) is 17.0. The van der Waals surface area contributed by atoms with Crippen molar-refractivity contribution in [2.75, 3.05) is 12.9 Å². The normalized spacial score (nSPS) is 11.6. The summed E-state index contributed by atoms with van der Waals surface area (Å²) in [6.45, 7) is 3.78. The second-order valence-electron chi connectivity index (χ2n) is 5.58. The fourth-order valence-electron chi connectivity index (χ4n) is 2.51. The number of hydrogen-bond donors (Lipinski definition) is 0. The fraction of sp³-hybridized carbons (Fsp3) is 0.235. The van der Waals surface area contributed by atoms with E-state index < -0.39 is 15.8 Å². The van der Waals surface area contributed by atoms with E-state index in [0.29, 0.717) is 16.9 Å². The third-order valence-corrected chi connectivity index (χ3v) is 4.74. The summed E-state index contributed by atoms with van der Waals surface area (Å²) in [7, 11) is -3.39. The molecule has 0 saturated carbocycles. The van der Waals surface area contributed by atoms with Crippen LogP contribution in [0.4, 0.5) is 0 Å². The quantitative estimate of drug-likeness (QED) is 0.664. The molecule has 0 aliphatic heterocycles. The van der Waals surface area contributed by atoms with E-state index in [-0.39, 0.29) is 17.1 Å². The molecule has 0 aliphatic carbocycles. The van der Waals surface area contributed by atoms with E-state index in [2.05, 4.69) is 10.1 Å². The van der Waals surface area contributed by atoms with Crippen LogP contribution in [0.3, 0.4) is 0 Å². The highest BCUT2D eigenvalue weighted by molar-refractivity contribution is 7.90. The maximum atomic E-state index is 12.5. The fourth-order valence-corrected chi connectivity index (χ4v) is 3.11. The van der Waals surface area contributed by atoms with Crippen LogP contribution >= 0.6 is 0 Å². The molecular formula is C17H17N3O4S. The minimum Gasteiger partial charge on any atom is -0.462 e. The van der Waals surface area contributed by atoms with E-state index in [9.17, 15) is 13.2 Å². The Balaban J connectivity index is 2.30. The maximum absolute atomic E-state index is 12.5. The number of rotatable bonds is 4. The summed E-state index contributed by atoms with van der Waals surface area (Å²) < 4.78 is 30.1. The molecule has 3 aromatic rings. The topological polar surface area (TPSA) is 90.6 Å². The van der Waals surface area contributed by atoms with Gasteiger partial charge in [-0.1, -0.05) is 6.07 Å². The van der Waals surface area contributed by atoms with E-state index in [1.54, 1.807) is 19.1 Å². The van der Waals surface area contributed by atoms with Gasteiger partial charge in [-0.25, -0.2) is 17.7 Å². The lowest BCUT2D eigenvalue weighted by molar-refractivity contribution is 0.0529. The lowest BCUT2D eigenvalue weighted by Gasteiger charge is -2.04. The zero-order valence-corrected chi connectivity index (χ0v) is 14.9. The molecule has 0 aliphatic rings. The minimum atomic E-state index is -3.39. The van der Waals surface area contributed by atoms with Crippen molar-refractivity contribution in [3.63, 3.8) is 0 Å². The number of sulfone groups is 1. The van der Waals surface area contributed by atoms with Crippen molar-refractivity contribution >= 4 is 21.3 Å². The Morgan fingerprint density at radius 1 is 1.24 bits per heavy atom. The Bertz CT molecular complexity index is 1070. The SMILES string of the molecule is CCOC(=O)c1c(-c2cccc(C)n2)nn2cc(S(C)(=O)=O)ccc12. The molecule has 25 heavy (non-hydrogen) atoms. The van der Waals surface area contributed by atoms with Crippen LogP contribution in [0.1, 0.15) is 23.0 Å². The summed E-state index contributed by atoms with van der Waals surface area (Å²) in [6, 6.07) is 8.40. The highest BCUT2D eigenvalue weighted by atomic mass is 32.2. The van der Waals surface area contributed by atoms with Crippen LogP contribution in [0.25, 0.3) is 16.9 Å². The van der Waals surface area contributed by atoms with E-state index >= 15 is 0 Å². The average Bonchev–Trinajstić information content (AvgIpc) is 2.93. The third-order valence-electron chi connectivity index (χ3n) is 3.64. The van der Waals surface area contributed by atoms with Gasteiger partial charge in [-0.05, 0) is 38.1 Å². The lowest BCUT2D eigenvalue weighted by atomic mass is 10.1. The number of fused-ring (bicyclic) bond motifs is 1. The Labute approximate surface area is 145 Å². The van der Waals surface area contributed by atoms with Gasteiger partial charge in [0.15, 0.2) is 9.84 Å². The standard InChI is InChI=1S/C17H17N3O4S/c1-4-24-17(21)15-14-9-8-12(25(3,22)23)10-20(14)19-16(15)13-7-5-6-11(2)18-13/h5-10H,4H2,1-3H3. The Morgan fingerprint density at radius 2 is 2.00 bits per heavy atom. The number of aromatic nitrogens is 3. The molecule has 0 atom stereocenters. The highest BCUT2D eigenvalue weighted by Gasteiger charge is 2.24. The molecule has 0 spiro atoms. The molecule has 0 saturated heterocycles. The van der Waals surface area contributed by atoms with E-state index in [1.165, 1.54) is 16.8 Å². The molecule has 8 heteroatoms. The predicted molar refractivity (Wildman–Crippen MR) is 92.2 cm³/mol. The first-order chi connectivity index (χ1) is 11.8. The zero-order valence-electron chi connectivity index (χ0n) is 14.1. The van der Waals surface area contributed by atoms with Gasteiger partial charge >= 0.3 is 5.97 Å². The molecular weight excluding hydrogens is 342 g/mol. The first-order valence-electron chi connectivity index (χ1n) is 7.65. The van der Waals surface area contributed by atoms with Gasteiger partial charge in [0.25, 0.3) is 0 Å². The molecule has 3 rings (SSSR count). The van der Waals surface area contributed by atoms with Gasteiger partial charge in [-0.3, -0.25) is 4.98 Å². The van der Waals surface area contributed by atoms with Crippen molar-refractivity contribution in [3.8, 4) is 11.4 Å². The number of pyridine rings is 2. The zero-order chi connectivity index (χ0) is 18.2. The number of carbonyl (C=O) groups is 1. The van der Waals surface area contributed by atoms with Crippen LogP contribution in [0, 0.1) is 6.92 Å². The summed E-state index contributed by atoms with van der Waals surface area (Å²) >= 11 is 0. The second kappa shape index (κ2) is 6.29. The maximum Gasteiger partial charge on any atom is 0.342 e. The smallest absolute Gasteiger partial charge is 0.342 e. The summed E-state index contributed by atoms with van der Waals surface area (Å²) in [5.74, 6) is -0.525. The van der Waals surface area contributed by atoms with Crippen LogP contribution in [-0.4, -0.2) is 41.8 Å². The molecule has 0 fully saturated rings. The van der Waals surface area contributed by atoms with Crippen LogP contribution in [0.2, 0.25) is 0 Å². The number of hydrogen-bond acceptors (Lipinski definition) is 6. The van der Waals surface area contributed by atoms with Crippen molar-refractivity contribution < 1.29 is 17.9 Å². The molecule has 0 aromatic carbocycles. The molecule has 0 radical (unpaired) electrons. The van der Waals surface area contributed by atoms with Gasteiger partial charge < -0.3 is 4.74 Å². The second-order valence-corrected chi connectivity index (χ2v) is 7.59. The molecule has 0 unspecified atom stereocenters. The number of aryl methyl sites for hydroxylation is 1. The van der Waals surface area contributed by atoms with Crippen molar-refractivity contribution in [3.05, 3.63) is 47.8 Å². The van der Waals surface area contributed by atoms with E-state index in [1.807, 2.05) is 19.1 Å². The number of nitrogens with zero attached hydrogens (tertiary/aromatic N) is 3. The molecule has 130 valence electrons. The number of carbonyl (C=O) groups excluding carboxylic acids is 1. The molecule has 0 bridgehead atoms. The van der Waals surface area contributed by atoms with Crippen LogP contribution < -0.4 is 0 Å². The monoisotopic (exact) mass is 359 g/mol. The Kier molecular flexibility index (Phi) is 4.30. The number of esters is 1. The third kappa shape index (κ3) is 3.25. The van der Waals surface area contributed by atoms with Gasteiger partial charge in [0, 0.05) is 18.1 Å². The summed E-state index contributed by atoms with van der Waals surface area (Å²) in [5, 5.41) is 4.39. The van der Waals surface area contributed by atoms with Gasteiger partial charge in [-0.2, -0.15) is 5.10 Å². The molecule has 0 amide bonds. The van der Waals surface area contributed by atoms with E-state index in [4.69, 9.17) is 4.74 Å². The predicted octanol–water partition coefficient (Wildman–Crippen LogP) is 2.28. The van der Waals surface area contributed by atoms with Crippen molar-refractivity contribution in [1.29, 1.82) is 0 Å². The first-order valence-corrected chi connectivity index (χ1v) is 9.54. The van der Waals surface area contributed by atoms with Gasteiger partial charge in [0.1, 0.15) is 11.3 Å². The Hall–Kier alpha value is -2.74. The molecule has 3 heterocycles. The molecule has 3 aromatic heterocycles. The minimum absolute atomic E-state index is 0.113. The Morgan fingerprint density at radius 3 is 2.64 bits per heavy atom. The number of ether oxygens (including phenoxy) is 1. The van der Waals surface area contributed by atoms with Gasteiger partial charge in [0.05, 0.1) is 22.7 Å². The highest BCUT2D eigenvalue weighted by Crippen LogP contribution is 2.27. The van der Waals surface area contributed by atoms with Crippen LogP contribution in [0.15, 0.2) is 41.4 Å². The van der Waals surface area contributed by atoms with Crippen LogP contribution in [-0.2, 0) is 14.6 Å². The van der Waals surface area contributed by atoms with Crippen molar-refractivity contribution in [1.82, 2.24) is 14.6 Å². The van der Waals surface area contributed by atoms with Crippen molar-refractivity contribution in [2.24, 2.45) is 0 Å². The first kappa shape index (κ1) is 17.1. The van der Waals surface area contributed by atoms with Gasteiger partial charge in [0.2, 0.25) is 0 Å². The summed E-state index contributed by atoms with van der Waals surface area (Å²) in [6.07, 6.45) is 2.50. The largest absolute Gasteiger partial charge is 0.462 e. The molecule has 7 nitrogen and oxygen atoms in total. The molecule has 0 N–H and O–H groups in total. The van der Waals surface area contributed by atoms with E-state index in [0.717, 1.165) is 11.9 Å². The van der Waals surface area contributed by atoms with Crippen molar-refractivity contribution in [2.45, 2.75) is 18.7 Å². The van der Waals surface area contributed by atoms with Gasteiger partial charge in [-0.15, -0.1) is 0 Å². The summed E-state index contributed by atoms with van der Waals surface area (Å²) in [5.41, 5.74) is 2.38.